The van der Waals surface area contributed by atoms with Gasteiger partial charge in [0.05, 0.1) is 12.8 Å². The van der Waals surface area contributed by atoms with Gasteiger partial charge in [-0.15, -0.1) is 0 Å². The number of nitrogens with zero attached hydrogens (tertiary/aromatic N) is 1. The molecule has 0 spiro atoms. The molecule has 23 heavy (non-hydrogen) atoms. The summed E-state index contributed by atoms with van der Waals surface area (Å²) in [4.78, 5) is 12.0. The third-order valence-corrected chi connectivity index (χ3v) is 3.42. The van der Waals surface area contributed by atoms with Gasteiger partial charge in [0.1, 0.15) is 5.75 Å². The van der Waals surface area contributed by atoms with Gasteiger partial charge in [-0.2, -0.15) is 5.10 Å². The number of hydrogen-bond acceptors (Lipinski definition) is 4. The fraction of sp³-hybridized carbons (Fsp3) is 0.222. The number of carbonyl (C=O) groups is 1. The number of aliphatic hydroxyl groups excluding tert-OH is 1. The van der Waals surface area contributed by atoms with Gasteiger partial charge >= 0.3 is 0 Å². The molecule has 2 aromatic carbocycles. The highest BCUT2D eigenvalue weighted by atomic mass is 16.5. The summed E-state index contributed by atoms with van der Waals surface area (Å²) >= 11 is 0. The first-order valence-electron chi connectivity index (χ1n) is 7.39. The maximum absolute atomic E-state index is 12.0. The zero-order valence-corrected chi connectivity index (χ0v) is 13.2. The molecule has 1 amide bonds. The third kappa shape index (κ3) is 4.40. The Morgan fingerprint density at radius 3 is 2.39 bits per heavy atom. The van der Waals surface area contributed by atoms with E-state index >= 15 is 0 Å². The Bertz CT molecular complexity index is 666. The smallest absolute Gasteiger partial charge is 0.273 e. The van der Waals surface area contributed by atoms with Crippen molar-refractivity contribution in [1.82, 2.24) is 5.43 Å². The Balaban J connectivity index is 2.07. The van der Waals surface area contributed by atoms with Crippen LogP contribution in [0.15, 0.2) is 59.7 Å². The molecule has 0 saturated carbocycles. The van der Waals surface area contributed by atoms with Gasteiger partial charge in [-0.1, -0.05) is 37.3 Å². The highest BCUT2D eigenvalue weighted by Crippen LogP contribution is 2.14. The van der Waals surface area contributed by atoms with Crippen molar-refractivity contribution in [3.63, 3.8) is 0 Å². The zero-order chi connectivity index (χ0) is 16.7. The monoisotopic (exact) mass is 312 g/mol. The van der Waals surface area contributed by atoms with Gasteiger partial charge in [0.25, 0.3) is 5.91 Å². The lowest BCUT2D eigenvalue weighted by Gasteiger charge is -2.10. The molecule has 5 nitrogen and oxygen atoms in total. The van der Waals surface area contributed by atoms with Crippen LogP contribution in [-0.2, 0) is 4.79 Å². The van der Waals surface area contributed by atoms with Crippen LogP contribution in [0.2, 0.25) is 0 Å². The van der Waals surface area contributed by atoms with Gasteiger partial charge in [0.15, 0.2) is 6.10 Å². The lowest BCUT2D eigenvalue weighted by molar-refractivity contribution is -0.129. The second-order valence-corrected chi connectivity index (χ2v) is 4.93. The summed E-state index contributed by atoms with van der Waals surface area (Å²) in [5.41, 5.74) is 4.57. The van der Waals surface area contributed by atoms with E-state index in [-0.39, 0.29) is 0 Å². The fourth-order valence-corrected chi connectivity index (χ4v) is 2.10. The lowest BCUT2D eigenvalue weighted by Crippen LogP contribution is -2.26. The van der Waals surface area contributed by atoms with Crippen LogP contribution in [0.1, 0.15) is 30.6 Å². The van der Waals surface area contributed by atoms with E-state index in [9.17, 15) is 9.90 Å². The zero-order valence-electron chi connectivity index (χ0n) is 13.2. The molecule has 1 unspecified atom stereocenters. The number of ether oxygens (including phenoxy) is 1. The lowest BCUT2D eigenvalue weighted by atomic mass is 10.1. The second-order valence-electron chi connectivity index (χ2n) is 4.93. The van der Waals surface area contributed by atoms with Gasteiger partial charge in [0.2, 0.25) is 0 Å². The summed E-state index contributed by atoms with van der Waals surface area (Å²) in [6, 6.07) is 16.2. The predicted molar refractivity (Wildman–Crippen MR) is 89.4 cm³/mol. The highest BCUT2D eigenvalue weighted by Gasteiger charge is 2.16. The van der Waals surface area contributed by atoms with Crippen molar-refractivity contribution in [2.24, 2.45) is 5.10 Å². The van der Waals surface area contributed by atoms with Crippen LogP contribution in [0.3, 0.4) is 0 Å². The molecular weight excluding hydrogens is 292 g/mol. The van der Waals surface area contributed by atoms with Crippen molar-refractivity contribution in [1.29, 1.82) is 0 Å². The summed E-state index contributed by atoms with van der Waals surface area (Å²) in [7, 11) is 1.61. The van der Waals surface area contributed by atoms with Crippen LogP contribution in [0, 0.1) is 0 Å². The summed E-state index contributed by atoms with van der Waals surface area (Å²) in [5.74, 6) is 0.198. The van der Waals surface area contributed by atoms with E-state index in [1.165, 1.54) is 0 Å². The molecule has 120 valence electrons. The molecule has 0 saturated heterocycles. The molecule has 0 aliphatic carbocycles. The number of carbonyl (C=O) groups excluding carboxylic acids is 1. The maximum atomic E-state index is 12.0. The van der Waals surface area contributed by atoms with Gasteiger partial charge in [-0.3, -0.25) is 4.79 Å². The molecule has 0 fully saturated rings. The first-order chi connectivity index (χ1) is 11.2. The SMILES string of the molecule is CC/C(=N\NC(=O)C(O)c1ccccc1)c1ccc(OC)cc1. The van der Waals surface area contributed by atoms with Gasteiger partial charge in [-0.25, -0.2) is 5.43 Å². The standard InChI is InChI=1S/C18H20N2O3/c1-3-16(13-9-11-15(23-2)12-10-13)19-20-18(22)17(21)14-7-5-4-6-8-14/h4-12,17,21H,3H2,1-2H3,(H,20,22)/b19-16+. The van der Waals surface area contributed by atoms with Crippen molar-refractivity contribution >= 4 is 11.6 Å². The quantitative estimate of drug-likeness (QED) is 0.636. The van der Waals surface area contributed by atoms with Crippen molar-refractivity contribution in [2.75, 3.05) is 7.11 Å². The molecule has 5 heteroatoms. The van der Waals surface area contributed by atoms with Crippen molar-refractivity contribution in [3.8, 4) is 5.75 Å². The van der Waals surface area contributed by atoms with Gasteiger partial charge in [-0.05, 0) is 41.8 Å². The third-order valence-electron chi connectivity index (χ3n) is 3.42. The topological polar surface area (TPSA) is 70.9 Å². The highest BCUT2D eigenvalue weighted by molar-refractivity contribution is 6.01. The van der Waals surface area contributed by atoms with E-state index in [4.69, 9.17) is 4.74 Å². The molecule has 2 N–H and O–H groups in total. The number of amides is 1. The second kappa shape index (κ2) is 8.10. The molecule has 0 radical (unpaired) electrons. The number of hydrazone groups is 1. The molecule has 0 aliphatic rings. The van der Waals surface area contributed by atoms with E-state index in [0.717, 1.165) is 17.0 Å². The Morgan fingerprint density at radius 1 is 1.17 bits per heavy atom. The average molecular weight is 312 g/mol. The molecule has 2 rings (SSSR count). The summed E-state index contributed by atoms with van der Waals surface area (Å²) in [6.45, 7) is 1.95. The molecule has 0 aromatic heterocycles. The van der Waals surface area contributed by atoms with Crippen molar-refractivity contribution in [3.05, 3.63) is 65.7 Å². The largest absolute Gasteiger partial charge is 0.497 e. The van der Waals surface area contributed by atoms with Crippen LogP contribution in [-0.4, -0.2) is 23.8 Å². The van der Waals surface area contributed by atoms with E-state index in [0.29, 0.717) is 12.0 Å². The molecule has 1 atom stereocenters. The Morgan fingerprint density at radius 2 is 1.83 bits per heavy atom. The Hall–Kier alpha value is -2.66. The summed E-state index contributed by atoms with van der Waals surface area (Å²) < 4.78 is 5.12. The first-order valence-corrected chi connectivity index (χ1v) is 7.39. The molecule has 0 heterocycles. The van der Waals surface area contributed by atoms with Crippen LogP contribution in [0.25, 0.3) is 0 Å². The Labute approximate surface area is 135 Å². The van der Waals surface area contributed by atoms with E-state index in [2.05, 4.69) is 10.5 Å². The summed E-state index contributed by atoms with van der Waals surface area (Å²) in [5, 5.41) is 14.1. The minimum absolute atomic E-state index is 0.530. The molecule has 0 aliphatic heterocycles. The van der Waals surface area contributed by atoms with Crippen LogP contribution >= 0.6 is 0 Å². The average Bonchev–Trinajstić information content (AvgIpc) is 2.62. The number of rotatable bonds is 6. The minimum atomic E-state index is -1.24. The van der Waals surface area contributed by atoms with Gasteiger partial charge < -0.3 is 9.84 Å². The van der Waals surface area contributed by atoms with Gasteiger partial charge in [0, 0.05) is 0 Å². The molecule has 2 aromatic rings. The molecule has 0 bridgehead atoms. The number of benzene rings is 2. The van der Waals surface area contributed by atoms with E-state index < -0.39 is 12.0 Å². The maximum Gasteiger partial charge on any atom is 0.273 e. The Kier molecular flexibility index (Phi) is 5.88. The van der Waals surface area contributed by atoms with Crippen LogP contribution in [0.4, 0.5) is 0 Å². The van der Waals surface area contributed by atoms with E-state index in [1.807, 2.05) is 37.3 Å². The predicted octanol–water partition coefficient (Wildman–Crippen LogP) is 2.66. The first kappa shape index (κ1) is 16.7. The number of nitrogens with one attached hydrogen (secondary N) is 1. The van der Waals surface area contributed by atoms with Crippen molar-refractivity contribution < 1.29 is 14.6 Å². The minimum Gasteiger partial charge on any atom is -0.497 e. The summed E-state index contributed by atoms with van der Waals surface area (Å²) in [6.07, 6.45) is -0.595. The number of methoxy groups -OCH3 is 1. The van der Waals surface area contributed by atoms with E-state index in [1.54, 1.807) is 31.4 Å². The fourth-order valence-electron chi connectivity index (χ4n) is 2.10. The molecular formula is C18H20N2O3. The number of aliphatic hydroxyl groups is 1. The van der Waals surface area contributed by atoms with Crippen LogP contribution in [0.5, 0.6) is 5.75 Å². The van der Waals surface area contributed by atoms with Crippen molar-refractivity contribution in [2.45, 2.75) is 19.4 Å². The normalized spacial score (nSPS) is 12.6. The number of hydrogen-bond donors (Lipinski definition) is 2. The van der Waals surface area contributed by atoms with Crippen LogP contribution < -0.4 is 10.2 Å².